The second-order valence-electron chi connectivity index (χ2n) is 2.10. The molecule has 0 aliphatic carbocycles. The fourth-order valence-electron chi connectivity index (χ4n) is 0.575. The molecule has 0 fully saturated rings. The second kappa shape index (κ2) is 2.47. The molecule has 0 aliphatic rings. The fourth-order valence-corrected chi connectivity index (χ4v) is 1.17. The van der Waals surface area contributed by atoms with E-state index in [2.05, 4.69) is 40.0 Å². The summed E-state index contributed by atoms with van der Waals surface area (Å²) in [4.78, 5) is 0. The molecule has 1 rings (SSSR count). The summed E-state index contributed by atoms with van der Waals surface area (Å²) >= 11 is 3.26. The summed E-state index contributed by atoms with van der Waals surface area (Å²) in [5.41, 5.74) is 0. The van der Waals surface area contributed by atoms with Crippen LogP contribution in [-0.4, -0.2) is 14.8 Å². The zero-order valence-electron chi connectivity index (χ0n) is 5.37. The van der Waals surface area contributed by atoms with Crippen molar-refractivity contribution in [2.24, 2.45) is 0 Å². The Labute approximate surface area is 62.2 Å². The van der Waals surface area contributed by atoms with Gasteiger partial charge in [-0.1, -0.05) is 0 Å². The minimum atomic E-state index is 0.425. The van der Waals surface area contributed by atoms with Gasteiger partial charge in [-0.3, -0.25) is 0 Å². The Morgan fingerprint density at radius 3 is 2.56 bits per heavy atom. The lowest BCUT2D eigenvalue weighted by Gasteiger charge is -2.04. The first kappa shape index (κ1) is 6.74. The molecule has 0 spiro atoms. The predicted octanol–water partition coefficient (Wildman–Crippen LogP) is 1.62. The standard InChI is InChI=1S/C5H8BrN3/c1-4(2)9-3-7-8-5(9)6/h3-4H,1-2H3. The molecule has 0 radical (unpaired) electrons. The summed E-state index contributed by atoms with van der Waals surface area (Å²) in [5.74, 6) is 0. The number of aromatic nitrogens is 3. The first-order valence-corrected chi connectivity index (χ1v) is 3.56. The lowest BCUT2D eigenvalue weighted by atomic mass is 10.4. The zero-order chi connectivity index (χ0) is 6.85. The number of nitrogens with zero attached hydrogens (tertiary/aromatic N) is 3. The Morgan fingerprint density at radius 1 is 1.67 bits per heavy atom. The van der Waals surface area contributed by atoms with Gasteiger partial charge in [0.1, 0.15) is 6.33 Å². The van der Waals surface area contributed by atoms with Gasteiger partial charge in [-0.15, -0.1) is 10.2 Å². The minimum absolute atomic E-state index is 0.425. The Balaban J connectivity index is 2.94. The lowest BCUT2D eigenvalue weighted by molar-refractivity contribution is 0.585. The monoisotopic (exact) mass is 189 g/mol. The van der Waals surface area contributed by atoms with Crippen LogP contribution >= 0.6 is 15.9 Å². The largest absolute Gasteiger partial charge is 0.306 e. The van der Waals surface area contributed by atoms with Gasteiger partial charge < -0.3 is 4.57 Å². The van der Waals surface area contributed by atoms with Crippen LogP contribution in [0.25, 0.3) is 0 Å². The molecule has 0 bridgehead atoms. The fraction of sp³-hybridized carbons (Fsp3) is 0.600. The van der Waals surface area contributed by atoms with Gasteiger partial charge in [-0.25, -0.2) is 0 Å². The number of rotatable bonds is 1. The van der Waals surface area contributed by atoms with Crippen LogP contribution in [-0.2, 0) is 0 Å². The first-order valence-electron chi connectivity index (χ1n) is 2.77. The molecule has 0 saturated heterocycles. The highest BCUT2D eigenvalue weighted by atomic mass is 79.9. The highest BCUT2D eigenvalue weighted by molar-refractivity contribution is 9.10. The van der Waals surface area contributed by atoms with Gasteiger partial charge >= 0.3 is 0 Å². The normalized spacial score (nSPS) is 10.7. The smallest absolute Gasteiger partial charge is 0.200 e. The Morgan fingerprint density at radius 2 is 2.33 bits per heavy atom. The van der Waals surface area contributed by atoms with Crippen LogP contribution in [0.2, 0.25) is 0 Å². The summed E-state index contributed by atoms with van der Waals surface area (Å²) < 4.78 is 2.73. The van der Waals surface area contributed by atoms with Crippen molar-refractivity contribution in [2.45, 2.75) is 19.9 Å². The molecule has 0 N–H and O–H groups in total. The summed E-state index contributed by atoms with van der Waals surface area (Å²) in [6.45, 7) is 4.16. The maximum Gasteiger partial charge on any atom is 0.200 e. The summed E-state index contributed by atoms with van der Waals surface area (Å²) in [6, 6.07) is 0.425. The van der Waals surface area contributed by atoms with Crippen molar-refractivity contribution in [3.05, 3.63) is 11.1 Å². The molecule has 50 valence electrons. The van der Waals surface area contributed by atoms with Crippen LogP contribution in [0.4, 0.5) is 0 Å². The van der Waals surface area contributed by atoms with E-state index in [0.29, 0.717) is 6.04 Å². The second-order valence-corrected chi connectivity index (χ2v) is 2.81. The molecule has 4 heteroatoms. The van der Waals surface area contributed by atoms with Crippen LogP contribution < -0.4 is 0 Å². The van der Waals surface area contributed by atoms with Gasteiger partial charge in [0, 0.05) is 6.04 Å². The van der Waals surface area contributed by atoms with E-state index in [4.69, 9.17) is 0 Å². The predicted molar refractivity (Wildman–Crippen MR) is 38.1 cm³/mol. The van der Waals surface area contributed by atoms with E-state index in [0.717, 1.165) is 4.73 Å². The van der Waals surface area contributed by atoms with Crippen molar-refractivity contribution in [2.75, 3.05) is 0 Å². The zero-order valence-corrected chi connectivity index (χ0v) is 6.96. The third-order valence-electron chi connectivity index (χ3n) is 1.09. The minimum Gasteiger partial charge on any atom is -0.306 e. The van der Waals surface area contributed by atoms with E-state index in [1.54, 1.807) is 6.33 Å². The molecule has 0 aliphatic heterocycles. The average Bonchev–Trinajstić information content (AvgIpc) is 2.13. The van der Waals surface area contributed by atoms with Crippen LogP contribution in [0, 0.1) is 0 Å². The van der Waals surface area contributed by atoms with Crippen molar-refractivity contribution >= 4 is 15.9 Å². The Hall–Kier alpha value is -0.380. The average molecular weight is 190 g/mol. The third kappa shape index (κ3) is 1.30. The quantitative estimate of drug-likeness (QED) is 0.673. The topological polar surface area (TPSA) is 30.7 Å². The molecular formula is C5H8BrN3. The maximum atomic E-state index is 3.77. The molecule has 9 heavy (non-hydrogen) atoms. The molecule has 3 nitrogen and oxygen atoms in total. The van der Waals surface area contributed by atoms with Crippen LogP contribution in [0.3, 0.4) is 0 Å². The van der Waals surface area contributed by atoms with Gasteiger partial charge in [0.2, 0.25) is 0 Å². The summed E-state index contributed by atoms with van der Waals surface area (Å²) in [7, 11) is 0. The molecule has 0 saturated carbocycles. The van der Waals surface area contributed by atoms with Crippen LogP contribution in [0.1, 0.15) is 19.9 Å². The van der Waals surface area contributed by atoms with Crippen molar-refractivity contribution in [1.29, 1.82) is 0 Å². The van der Waals surface area contributed by atoms with Crippen molar-refractivity contribution in [3.63, 3.8) is 0 Å². The van der Waals surface area contributed by atoms with Crippen molar-refractivity contribution in [1.82, 2.24) is 14.8 Å². The summed E-state index contributed by atoms with van der Waals surface area (Å²) in [6.07, 6.45) is 1.70. The first-order chi connectivity index (χ1) is 4.22. The van der Waals surface area contributed by atoms with Crippen molar-refractivity contribution in [3.8, 4) is 0 Å². The van der Waals surface area contributed by atoms with E-state index in [9.17, 15) is 0 Å². The van der Waals surface area contributed by atoms with E-state index in [-0.39, 0.29) is 0 Å². The van der Waals surface area contributed by atoms with Gasteiger partial charge in [0.15, 0.2) is 4.73 Å². The molecule has 1 heterocycles. The number of hydrogen-bond donors (Lipinski definition) is 0. The van der Waals surface area contributed by atoms with Crippen LogP contribution in [0.5, 0.6) is 0 Å². The third-order valence-corrected chi connectivity index (χ3v) is 1.65. The number of hydrogen-bond acceptors (Lipinski definition) is 2. The molecule has 1 aromatic rings. The maximum absolute atomic E-state index is 3.77. The van der Waals surface area contributed by atoms with Gasteiger partial charge in [0.05, 0.1) is 0 Å². The lowest BCUT2D eigenvalue weighted by Crippen LogP contribution is -1.98. The molecule has 0 aromatic carbocycles. The molecule has 1 aromatic heterocycles. The van der Waals surface area contributed by atoms with E-state index in [1.165, 1.54) is 0 Å². The summed E-state index contributed by atoms with van der Waals surface area (Å²) in [5, 5.41) is 7.48. The van der Waals surface area contributed by atoms with E-state index in [1.807, 2.05) is 4.57 Å². The Kier molecular flexibility index (Phi) is 1.85. The SMILES string of the molecule is CC(C)n1cnnc1Br. The number of halogens is 1. The molecular weight excluding hydrogens is 182 g/mol. The van der Waals surface area contributed by atoms with Crippen LogP contribution in [0.15, 0.2) is 11.1 Å². The Bertz CT molecular complexity index is 194. The molecule has 0 atom stereocenters. The van der Waals surface area contributed by atoms with Gasteiger partial charge in [-0.05, 0) is 29.8 Å². The van der Waals surface area contributed by atoms with Gasteiger partial charge in [0.25, 0.3) is 0 Å². The molecule has 0 unspecified atom stereocenters. The highest BCUT2D eigenvalue weighted by Crippen LogP contribution is 2.10. The van der Waals surface area contributed by atoms with Crippen molar-refractivity contribution < 1.29 is 0 Å². The van der Waals surface area contributed by atoms with E-state index >= 15 is 0 Å². The molecule has 0 amide bonds. The van der Waals surface area contributed by atoms with E-state index < -0.39 is 0 Å². The highest BCUT2D eigenvalue weighted by Gasteiger charge is 2.01. The van der Waals surface area contributed by atoms with Gasteiger partial charge in [-0.2, -0.15) is 0 Å².